The molecule has 0 saturated heterocycles. The number of halogens is 1. The fourth-order valence-corrected chi connectivity index (χ4v) is 6.12. The first-order valence-corrected chi connectivity index (χ1v) is 11.7. The average Bonchev–Trinajstić information content (AvgIpc) is 3.35. The van der Waals surface area contributed by atoms with Crippen molar-refractivity contribution in [2.24, 2.45) is 0 Å². The lowest BCUT2D eigenvalue weighted by molar-refractivity contribution is 0.626. The first-order chi connectivity index (χ1) is 16.0. The van der Waals surface area contributed by atoms with E-state index < -0.39 is 0 Å². The average molecular weight is 430 g/mol. The Morgan fingerprint density at radius 3 is 2.52 bits per heavy atom. The third-order valence-corrected chi connectivity index (χ3v) is 7.79. The van der Waals surface area contributed by atoms with Crippen LogP contribution in [0.1, 0.15) is 30.5 Å². The summed E-state index contributed by atoms with van der Waals surface area (Å²) < 4.78 is 13.7. The highest BCUT2D eigenvalue weighted by atomic mass is 19.1. The summed E-state index contributed by atoms with van der Waals surface area (Å²) in [4.78, 5) is 2.33. The van der Waals surface area contributed by atoms with Gasteiger partial charge in [0.05, 0.1) is 0 Å². The third kappa shape index (κ3) is 2.52. The number of hydrogen-bond donors (Lipinski definition) is 0. The smallest absolute Gasteiger partial charge is 0.123 e. The first-order valence-electron chi connectivity index (χ1n) is 11.7. The Hall–Kier alpha value is -3.65. The van der Waals surface area contributed by atoms with Gasteiger partial charge < -0.3 is 4.90 Å². The zero-order valence-electron chi connectivity index (χ0n) is 18.8. The summed E-state index contributed by atoms with van der Waals surface area (Å²) in [6.45, 7) is 5.56. The molecule has 0 aromatic heterocycles. The molecule has 5 aromatic carbocycles. The lowest BCUT2D eigenvalue weighted by Crippen LogP contribution is -2.17. The van der Waals surface area contributed by atoms with Crippen molar-refractivity contribution in [2.75, 3.05) is 11.4 Å². The predicted molar refractivity (Wildman–Crippen MR) is 136 cm³/mol. The molecule has 2 heteroatoms. The van der Waals surface area contributed by atoms with E-state index in [1.165, 1.54) is 49.5 Å². The number of nitrogens with zero attached hydrogens (tertiary/aromatic N) is 1. The Labute approximate surface area is 193 Å². The van der Waals surface area contributed by atoms with Crippen molar-refractivity contribution in [3.8, 4) is 11.1 Å². The maximum absolute atomic E-state index is 13.7. The predicted octanol–water partition coefficient (Wildman–Crippen LogP) is 8.13. The van der Waals surface area contributed by atoms with Gasteiger partial charge in [0, 0.05) is 23.3 Å². The van der Waals surface area contributed by atoms with Gasteiger partial charge in [0.2, 0.25) is 0 Å². The molecule has 1 nitrogen and oxygen atoms in total. The van der Waals surface area contributed by atoms with E-state index in [2.05, 4.69) is 85.5 Å². The summed E-state index contributed by atoms with van der Waals surface area (Å²) in [5, 5.41) is 5.23. The molecular weight excluding hydrogens is 405 g/mol. The fraction of sp³-hybridized carbons (Fsp3) is 0.161. The summed E-state index contributed by atoms with van der Waals surface area (Å²) in [5.41, 5.74) is 8.79. The zero-order valence-corrected chi connectivity index (χ0v) is 18.8. The molecule has 0 radical (unpaired) electrons. The van der Waals surface area contributed by atoms with Crippen molar-refractivity contribution < 1.29 is 4.39 Å². The summed E-state index contributed by atoms with van der Waals surface area (Å²) in [5.74, 6) is -0.152. The van der Waals surface area contributed by atoms with Crippen LogP contribution in [0.15, 0.2) is 84.9 Å². The molecule has 0 amide bonds. The molecule has 0 saturated carbocycles. The van der Waals surface area contributed by atoms with Crippen molar-refractivity contribution in [1.29, 1.82) is 0 Å². The molecule has 1 aliphatic heterocycles. The molecule has 1 heterocycles. The molecule has 160 valence electrons. The molecule has 33 heavy (non-hydrogen) atoms. The topological polar surface area (TPSA) is 3.24 Å². The van der Waals surface area contributed by atoms with E-state index in [1.54, 1.807) is 12.1 Å². The highest BCUT2D eigenvalue weighted by Gasteiger charge is 2.37. The molecule has 1 aliphatic carbocycles. The van der Waals surface area contributed by atoms with Crippen LogP contribution in [0.2, 0.25) is 0 Å². The fourth-order valence-electron chi connectivity index (χ4n) is 6.12. The van der Waals surface area contributed by atoms with Gasteiger partial charge in [-0.15, -0.1) is 0 Å². The van der Waals surface area contributed by atoms with E-state index in [9.17, 15) is 4.39 Å². The van der Waals surface area contributed by atoms with E-state index in [0.29, 0.717) is 0 Å². The lowest BCUT2D eigenvalue weighted by atomic mass is 9.81. The van der Waals surface area contributed by atoms with Crippen LogP contribution >= 0.6 is 0 Å². The van der Waals surface area contributed by atoms with Crippen LogP contribution in [0.4, 0.5) is 15.8 Å². The highest BCUT2D eigenvalue weighted by molar-refractivity contribution is 6.14. The molecule has 0 bridgehead atoms. The van der Waals surface area contributed by atoms with Gasteiger partial charge in [0.1, 0.15) is 5.82 Å². The maximum atomic E-state index is 13.7. The van der Waals surface area contributed by atoms with Gasteiger partial charge in [-0.1, -0.05) is 68.4 Å². The van der Waals surface area contributed by atoms with Gasteiger partial charge in [0.15, 0.2) is 0 Å². The standard InChI is InChI=1S/C31H24FN/c1-31(2)27-13-12-24-23-6-4-3-5-19(23)7-10-25(24)30(27)26-11-9-22(18-28(26)31)33-16-15-20-17-21(32)8-14-29(20)33/h3-14,17-18H,15-16H2,1-2H3. The monoisotopic (exact) mass is 429 g/mol. The van der Waals surface area contributed by atoms with E-state index >= 15 is 0 Å². The van der Waals surface area contributed by atoms with Crippen LogP contribution in [0.5, 0.6) is 0 Å². The van der Waals surface area contributed by atoms with Crippen molar-refractivity contribution in [2.45, 2.75) is 25.7 Å². The largest absolute Gasteiger partial charge is 0.341 e. The van der Waals surface area contributed by atoms with E-state index in [-0.39, 0.29) is 11.2 Å². The quantitative estimate of drug-likeness (QED) is 0.243. The Balaban J connectivity index is 1.43. The molecule has 5 aromatic rings. The van der Waals surface area contributed by atoms with Gasteiger partial charge >= 0.3 is 0 Å². The SMILES string of the molecule is CC1(C)c2cc(N3CCc4cc(F)ccc43)ccc2-c2c1ccc1c2ccc2ccccc21. The maximum Gasteiger partial charge on any atom is 0.123 e. The summed E-state index contributed by atoms with van der Waals surface area (Å²) in [6.07, 6.45) is 0.880. The number of rotatable bonds is 1. The van der Waals surface area contributed by atoms with Crippen LogP contribution < -0.4 is 4.90 Å². The van der Waals surface area contributed by atoms with Crippen molar-refractivity contribution in [3.05, 3.63) is 107 Å². The van der Waals surface area contributed by atoms with Gasteiger partial charge in [-0.2, -0.15) is 0 Å². The van der Waals surface area contributed by atoms with Crippen LogP contribution in [0.3, 0.4) is 0 Å². The van der Waals surface area contributed by atoms with Gasteiger partial charge in [-0.3, -0.25) is 0 Å². The molecule has 0 atom stereocenters. The minimum atomic E-state index is -0.152. The number of fused-ring (bicyclic) bond motifs is 8. The van der Waals surface area contributed by atoms with E-state index in [0.717, 1.165) is 24.2 Å². The molecular formula is C31H24FN. The normalized spacial score (nSPS) is 15.7. The second-order valence-corrected chi connectivity index (χ2v) is 9.90. The van der Waals surface area contributed by atoms with Crippen molar-refractivity contribution in [1.82, 2.24) is 0 Å². The molecule has 0 N–H and O–H groups in total. The summed E-state index contributed by atoms with van der Waals surface area (Å²) in [7, 11) is 0. The van der Waals surface area contributed by atoms with E-state index in [4.69, 9.17) is 0 Å². The van der Waals surface area contributed by atoms with Gasteiger partial charge in [0.25, 0.3) is 0 Å². The number of anilines is 2. The van der Waals surface area contributed by atoms with Crippen LogP contribution in [-0.2, 0) is 11.8 Å². The Kier molecular flexibility index (Phi) is 3.69. The first kappa shape index (κ1) is 18.9. The minimum absolute atomic E-state index is 0.0775. The molecule has 2 aliphatic rings. The summed E-state index contributed by atoms with van der Waals surface area (Å²) >= 11 is 0. The molecule has 0 spiro atoms. The van der Waals surface area contributed by atoms with Gasteiger partial charge in [-0.25, -0.2) is 4.39 Å². The van der Waals surface area contributed by atoms with E-state index in [1.807, 2.05) is 6.07 Å². The second kappa shape index (κ2) is 6.45. The lowest BCUT2D eigenvalue weighted by Gasteiger charge is -2.25. The second-order valence-electron chi connectivity index (χ2n) is 9.90. The number of hydrogen-bond acceptors (Lipinski definition) is 1. The minimum Gasteiger partial charge on any atom is -0.341 e. The number of benzene rings is 5. The Morgan fingerprint density at radius 1 is 0.758 bits per heavy atom. The van der Waals surface area contributed by atoms with Crippen LogP contribution in [-0.4, -0.2) is 6.54 Å². The van der Waals surface area contributed by atoms with Crippen molar-refractivity contribution in [3.63, 3.8) is 0 Å². The van der Waals surface area contributed by atoms with Crippen LogP contribution in [0.25, 0.3) is 32.7 Å². The zero-order chi connectivity index (χ0) is 22.3. The molecule has 0 unspecified atom stereocenters. The third-order valence-electron chi connectivity index (χ3n) is 7.79. The molecule has 7 rings (SSSR count). The van der Waals surface area contributed by atoms with Gasteiger partial charge in [-0.05, 0) is 86.1 Å². The Morgan fingerprint density at radius 2 is 1.61 bits per heavy atom. The highest BCUT2D eigenvalue weighted by Crippen LogP contribution is 2.53. The molecule has 0 fully saturated rings. The van der Waals surface area contributed by atoms with Crippen LogP contribution in [0, 0.1) is 5.82 Å². The van der Waals surface area contributed by atoms with Crippen molar-refractivity contribution >= 4 is 32.9 Å². The Bertz CT molecular complexity index is 1610. The summed E-state index contributed by atoms with van der Waals surface area (Å²) in [6, 6.07) is 29.9.